The smallest absolute Gasteiger partial charge is 0.133 e. The predicted molar refractivity (Wildman–Crippen MR) is 104 cm³/mol. The molecule has 2 aliphatic rings. The van der Waals surface area contributed by atoms with Crippen LogP contribution in [0.5, 0.6) is 0 Å². The normalized spacial score (nSPS) is 27.7. The third-order valence-corrected chi connectivity index (χ3v) is 7.56. The molecule has 1 aromatic carbocycles. The molecule has 0 spiro atoms. The van der Waals surface area contributed by atoms with Crippen LogP contribution in [0.25, 0.3) is 0 Å². The molecule has 2 aliphatic carbocycles. The zero-order chi connectivity index (χ0) is 17.9. The van der Waals surface area contributed by atoms with Crippen molar-refractivity contribution in [2.45, 2.75) is 45.4 Å². The van der Waals surface area contributed by atoms with Crippen molar-refractivity contribution in [3.8, 4) is 0 Å². The molecule has 0 saturated heterocycles. The minimum atomic E-state index is -1.18. The molecule has 128 valence electrons. The highest BCUT2D eigenvalue weighted by atomic mass is 127. The molecule has 6 heteroatoms. The molecule has 2 saturated carbocycles. The highest BCUT2D eigenvalue weighted by molar-refractivity contribution is 14.1. The van der Waals surface area contributed by atoms with E-state index in [0.29, 0.717) is 9.13 Å². The van der Waals surface area contributed by atoms with Gasteiger partial charge in [-0.15, -0.1) is 0 Å². The van der Waals surface area contributed by atoms with E-state index in [1.807, 2.05) is 0 Å². The number of halogens is 2. The van der Waals surface area contributed by atoms with E-state index < -0.39 is 5.97 Å². The van der Waals surface area contributed by atoms with E-state index >= 15 is 0 Å². The van der Waals surface area contributed by atoms with E-state index in [4.69, 9.17) is 0 Å². The van der Waals surface area contributed by atoms with E-state index in [1.165, 1.54) is 0 Å². The summed E-state index contributed by atoms with van der Waals surface area (Å²) in [5.41, 5.74) is 2.87. The Bertz CT molecular complexity index is 729. The first-order valence-corrected chi connectivity index (χ1v) is 10.1. The van der Waals surface area contributed by atoms with Crippen molar-refractivity contribution in [1.82, 2.24) is 0 Å². The zero-order valence-corrected chi connectivity index (χ0v) is 17.9. The zero-order valence-electron chi connectivity index (χ0n) is 13.6. The van der Waals surface area contributed by atoms with Crippen LogP contribution < -0.4 is 5.11 Å². The Kier molecular flexibility index (Phi) is 4.83. The largest absolute Gasteiger partial charge is 0.545 e. The van der Waals surface area contributed by atoms with Crippen LogP contribution in [0.15, 0.2) is 0 Å². The van der Waals surface area contributed by atoms with Crippen molar-refractivity contribution in [1.29, 1.82) is 0 Å². The van der Waals surface area contributed by atoms with Gasteiger partial charge in [0.2, 0.25) is 0 Å². The second-order valence-corrected chi connectivity index (χ2v) is 9.02. The Balaban J connectivity index is 2.16. The van der Waals surface area contributed by atoms with Crippen molar-refractivity contribution in [3.05, 3.63) is 29.4 Å². The van der Waals surface area contributed by atoms with Gasteiger partial charge < -0.3 is 9.90 Å². The van der Waals surface area contributed by atoms with Crippen LogP contribution in [0, 0.1) is 25.9 Å². The molecule has 0 aliphatic heterocycles. The summed E-state index contributed by atoms with van der Waals surface area (Å²) in [5.74, 6) is -0.723. The molecule has 0 radical (unpaired) electrons. The summed E-state index contributed by atoms with van der Waals surface area (Å²) >= 11 is 4.34. The Hall–Kier alpha value is -0.510. The molecule has 3 rings (SSSR count). The summed E-state index contributed by atoms with van der Waals surface area (Å²) in [6.07, 6.45) is 1.55. The molecule has 0 aromatic heterocycles. The number of Topliss-reactive ketones (excluding diaryl/α,β-unsaturated/α-hetero) is 2. The third-order valence-electron chi connectivity index (χ3n) is 5.28. The van der Waals surface area contributed by atoms with Crippen LogP contribution in [-0.2, 0) is 9.59 Å². The lowest BCUT2D eigenvalue weighted by Crippen LogP contribution is -2.26. The van der Waals surface area contributed by atoms with Crippen LogP contribution in [0.1, 0.15) is 65.6 Å². The van der Waals surface area contributed by atoms with E-state index in [1.54, 1.807) is 20.8 Å². The van der Waals surface area contributed by atoms with Gasteiger partial charge in [-0.25, -0.2) is 0 Å². The highest BCUT2D eigenvalue weighted by Crippen LogP contribution is 2.56. The summed E-state index contributed by atoms with van der Waals surface area (Å²) in [6, 6.07) is 0. The SMILES string of the molecule is CC(=O)C1CC1c1c(C)c(C(=O)[O-])c(I)c(C2CC2C(C)=O)c1I. The second kappa shape index (κ2) is 6.34. The van der Waals surface area contributed by atoms with Gasteiger partial charge in [-0.3, -0.25) is 9.59 Å². The quantitative estimate of drug-likeness (QED) is 0.528. The standard InChI is InChI=1S/C18H18I2O4/c1-6-13(11-4-9(11)7(2)21)16(19)15(12-5-10(12)8(3)22)17(20)14(6)18(23)24/h9-12H,4-5H2,1-3H3,(H,23,24)/p-1. The fraction of sp³-hybridized carbons (Fsp3) is 0.500. The average Bonchev–Trinajstić information content (AvgIpc) is 3.31. The molecular weight excluding hydrogens is 534 g/mol. The molecule has 24 heavy (non-hydrogen) atoms. The average molecular weight is 551 g/mol. The third kappa shape index (κ3) is 2.93. The molecule has 0 heterocycles. The van der Waals surface area contributed by atoms with Gasteiger partial charge in [-0.2, -0.15) is 0 Å². The fourth-order valence-electron chi connectivity index (χ4n) is 3.78. The maximum absolute atomic E-state index is 11.7. The number of carboxylic acid groups (broad SMARTS) is 1. The maximum Gasteiger partial charge on any atom is 0.133 e. The number of rotatable bonds is 5. The van der Waals surface area contributed by atoms with Crippen LogP contribution in [0.4, 0.5) is 0 Å². The monoisotopic (exact) mass is 551 g/mol. The van der Waals surface area contributed by atoms with Gasteiger partial charge in [-0.05, 0) is 107 Å². The highest BCUT2D eigenvalue weighted by Gasteiger charge is 2.48. The number of carbonyl (C=O) groups excluding carboxylic acids is 3. The van der Waals surface area contributed by atoms with Crippen LogP contribution in [-0.4, -0.2) is 17.5 Å². The molecule has 4 atom stereocenters. The Morgan fingerprint density at radius 1 is 0.917 bits per heavy atom. The van der Waals surface area contributed by atoms with Crippen LogP contribution in [0.3, 0.4) is 0 Å². The van der Waals surface area contributed by atoms with Crippen molar-refractivity contribution < 1.29 is 19.5 Å². The first-order chi connectivity index (χ1) is 11.2. The molecule has 0 N–H and O–H groups in total. The predicted octanol–water partition coefficient (Wildman–Crippen LogP) is 2.95. The molecule has 4 unspecified atom stereocenters. The van der Waals surface area contributed by atoms with Gasteiger partial charge in [0.1, 0.15) is 11.6 Å². The van der Waals surface area contributed by atoms with Crippen LogP contribution >= 0.6 is 45.2 Å². The number of benzene rings is 1. The maximum atomic E-state index is 11.7. The fourth-order valence-corrected chi connectivity index (χ4v) is 7.06. The Labute approximate surface area is 168 Å². The van der Waals surface area contributed by atoms with Gasteiger partial charge >= 0.3 is 0 Å². The van der Waals surface area contributed by atoms with Gasteiger partial charge in [0, 0.05) is 24.5 Å². The second-order valence-electron chi connectivity index (χ2n) is 6.86. The summed E-state index contributed by atoms with van der Waals surface area (Å²) in [5, 5.41) is 11.7. The Morgan fingerprint density at radius 3 is 1.75 bits per heavy atom. The molecule has 4 nitrogen and oxygen atoms in total. The molecular formula is C18H17I2O4-. The topological polar surface area (TPSA) is 74.3 Å². The van der Waals surface area contributed by atoms with Crippen LogP contribution in [0.2, 0.25) is 0 Å². The summed E-state index contributed by atoms with van der Waals surface area (Å²) < 4.78 is 1.72. The summed E-state index contributed by atoms with van der Waals surface area (Å²) in [7, 11) is 0. The molecule has 0 bridgehead atoms. The first kappa shape index (κ1) is 18.3. The van der Waals surface area contributed by atoms with E-state index in [9.17, 15) is 19.5 Å². The first-order valence-electron chi connectivity index (χ1n) is 7.90. The summed E-state index contributed by atoms with van der Waals surface area (Å²) in [6.45, 7) is 4.98. The number of hydrogen-bond donors (Lipinski definition) is 0. The molecule has 0 amide bonds. The summed E-state index contributed by atoms with van der Waals surface area (Å²) in [4.78, 5) is 35.1. The van der Waals surface area contributed by atoms with Gasteiger partial charge in [-0.1, -0.05) is 0 Å². The lowest BCUT2D eigenvalue weighted by Gasteiger charge is -2.21. The number of aromatic carboxylic acids is 1. The number of ketones is 2. The van der Waals surface area contributed by atoms with Crippen molar-refractivity contribution >= 4 is 62.7 Å². The lowest BCUT2D eigenvalue weighted by atomic mass is 9.92. The van der Waals surface area contributed by atoms with E-state index in [0.717, 1.165) is 27.5 Å². The van der Waals surface area contributed by atoms with Gasteiger partial charge in [0.15, 0.2) is 0 Å². The number of carbonyl (C=O) groups is 3. The minimum absolute atomic E-state index is 0.0115. The van der Waals surface area contributed by atoms with Gasteiger partial charge in [0.25, 0.3) is 0 Å². The number of hydrogen-bond acceptors (Lipinski definition) is 4. The Morgan fingerprint density at radius 2 is 1.38 bits per heavy atom. The van der Waals surface area contributed by atoms with Crippen molar-refractivity contribution in [2.75, 3.05) is 0 Å². The van der Waals surface area contributed by atoms with E-state index in [2.05, 4.69) is 45.2 Å². The lowest BCUT2D eigenvalue weighted by molar-refractivity contribution is -0.255. The minimum Gasteiger partial charge on any atom is -0.545 e. The van der Waals surface area contributed by atoms with Gasteiger partial charge in [0.05, 0.1) is 5.97 Å². The number of carboxylic acids is 1. The van der Waals surface area contributed by atoms with E-state index in [-0.39, 0.29) is 40.8 Å². The molecule has 1 aromatic rings. The van der Waals surface area contributed by atoms with Crippen molar-refractivity contribution in [2.24, 2.45) is 11.8 Å². The molecule has 2 fully saturated rings. The van der Waals surface area contributed by atoms with Crippen molar-refractivity contribution in [3.63, 3.8) is 0 Å².